The Bertz CT molecular complexity index is 1110. The van der Waals surface area contributed by atoms with Gasteiger partial charge in [0.15, 0.2) is 0 Å². The summed E-state index contributed by atoms with van der Waals surface area (Å²) in [7, 11) is 0. The Morgan fingerprint density at radius 1 is 1.12 bits per heavy atom. The molecule has 3 heteroatoms. The van der Waals surface area contributed by atoms with E-state index in [0.717, 1.165) is 28.7 Å². The molecule has 4 aromatic rings. The molecule has 0 fully saturated rings. The summed E-state index contributed by atoms with van der Waals surface area (Å²) in [6, 6.07) is 14.9. The van der Waals surface area contributed by atoms with Crippen molar-refractivity contribution < 1.29 is 0 Å². The van der Waals surface area contributed by atoms with Crippen molar-refractivity contribution in [2.45, 2.75) is 26.7 Å². The molecule has 24 heavy (non-hydrogen) atoms. The second-order valence-electron chi connectivity index (χ2n) is 6.26. The average molecular weight is 379 g/mol. The summed E-state index contributed by atoms with van der Waals surface area (Å²) < 4.78 is 3.43. The van der Waals surface area contributed by atoms with Crippen molar-refractivity contribution in [3.8, 4) is 0 Å². The Hall–Kier alpha value is -2.13. The van der Waals surface area contributed by atoms with E-state index in [4.69, 9.17) is 4.98 Å². The summed E-state index contributed by atoms with van der Waals surface area (Å²) >= 11 is 3.73. The molecule has 2 nitrogen and oxygen atoms in total. The number of hydrogen-bond acceptors (Lipinski definition) is 1. The quantitative estimate of drug-likeness (QED) is 0.305. The number of nitrogens with zero attached hydrogens (tertiary/aromatic N) is 2. The highest BCUT2D eigenvalue weighted by Gasteiger charge is 2.17. The molecule has 2 aromatic carbocycles. The fourth-order valence-corrected chi connectivity index (χ4v) is 4.02. The normalized spacial score (nSPS) is 11.6. The largest absolute Gasteiger partial charge is 0.296 e. The van der Waals surface area contributed by atoms with E-state index in [-0.39, 0.29) is 0 Å². The molecule has 0 amide bonds. The van der Waals surface area contributed by atoms with E-state index in [0.29, 0.717) is 0 Å². The molecule has 0 radical (unpaired) electrons. The molecule has 0 aliphatic heterocycles. The van der Waals surface area contributed by atoms with Crippen LogP contribution >= 0.6 is 15.9 Å². The van der Waals surface area contributed by atoms with Crippen LogP contribution < -0.4 is 0 Å². The molecule has 0 aliphatic carbocycles. The molecular formula is C21H19BrN2. The minimum absolute atomic E-state index is 0.868. The van der Waals surface area contributed by atoms with Gasteiger partial charge in [0.2, 0.25) is 0 Å². The lowest BCUT2D eigenvalue weighted by atomic mass is 10.0. The van der Waals surface area contributed by atoms with Gasteiger partial charge in [0.25, 0.3) is 0 Å². The van der Waals surface area contributed by atoms with Gasteiger partial charge in [-0.15, -0.1) is 0 Å². The highest BCUT2D eigenvalue weighted by molar-refractivity contribution is 9.10. The molecule has 2 heterocycles. The van der Waals surface area contributed by atoms with E-state index in [1.807, 2.05) is 0 Å². The first kappa shape index (κ1) is 15.4. The topological polar surface area (TPSA) is 17.3 Å². The van der Waals surface area contributed by atoms with Crippen LogP contribution in [0.2, 0.25) is 0 Å². The standard InChI is InChI=1S/C21H19BrN2/c1-4-13(2)12-19-14(3)23-21-16-9-7-10-17(22)20(16)15-8-5-6-11-18(15)24(19)21/h5-11H,2,4,12H2,1,3H3. The number of hydrogen-bond donors (Lipinski definition) is 0. The van der Waals surface area contributed by atoms with E-state index in [9.17, 15) is 0 Å². The van der Waals surface area contributed by atoms with Crippen LogP contribution in [-0.4, -0.2) is 9.38 Å². The third-order valence-corrected chi connectivity index (χ3v) is 5.42. The van der Waals surface area contributed by atoms with Gasteiger partial charge in [-0.05, 0) is 25.5 Å². The van der Waals surface area contributed by atoms with E-state index < -0.39 is 0 Å². The third-order valence-electron chi connectivity index (χ3n) is 4.76. The first-order chi connectivity index (χ1) is 11.6. The second-order valence-corrected chi connectivity index (χ2v) is 7.12. The fraction of sp³-hybridized carbons (Fsp3) is 0.190. The zero-order valence-electron chi connectivity index (χ0n) is 13.9. The van der Waals surface area contributed by atoms with Crippen molar-refractivity contribution in [1.82, 2.24) is 9.38 Å². The number of para-hydroxylation sites is 1. The van der Waals surface area contributed by atoms with Crippen LogP contribution in [0.15, 0.2) is 59.1 Å². The molecule has 2 aromatic heterocycles. The summed E-state index contributed by atoms with van der Waals surface area (Å²) in [5.41, 5.74) is 5.79. The van der Waals surface area contributed by atoms with Gasteiger partial charge in [0.1, 0.15) is 5.65 Å². The molecule has 0 spiro atoms. The highest BCUT2D eigenvalue weighted by atomic mass is 79.9. The average Bonchev–Trinajstić information content (AvgIpc) is 2.92. The maximum absolute atomic E-state index is 4.92. The summed E-state index contributed by atoms with van der Waals surface area (Å²) in [5, 5.41) is 3.65. The van der Waals surface area contributed by atoms with Crippen LogP contribution in [0.3, 0.4) is 0 Å². The SMILES string of the molecule is C=C(CC)Cc1c(C)nc2c3cccc(Br)c3c3ccccc3n12. The monoisotopic (exact) mass is 378 g/mol. The number of allylic oxidation sites excluding steroid dienone is 1. The minimum atomic E-state index is 0.868. The van der Waals surface area contributed by atoms with Gasteiger partial charge in [-0.2, -0.15) is 0 Å². The summed E-state index contributed by atoms with van der Waals surface area (Å²) in [4.78, 5) is 4.92. The Labute approximate surface area is 150 Å². The van der Waals surface area contributed by atoms with Crippen LogP contribution in [0.5, 0.6) is 0 Å². The lowest BCUT2D eigenvalue weighted by Gasteiger charge is -2.12. The van der Waals surface area contributed by atoms with Gasteiger partial charge in [-0.3, -0.25) is 4.40 Å². The van der Waals surface area contributed by atoms with Crippen LogP contribution in [-0.2, 0) is 6.42 Å². The lowest BCUT2D eigenvalue weighted by Crippen LogP contribution is -1.99. The van der Waals surface area contributed by atoms with Crippen molar-refractivity contribution in [3.63, 3.8) is 0 Å². The molecule has 120 valence electrons. The van der Waals surface area contributed by atoms with Gasteiger partial charge in [-0.1, -0.05) is 65.3 Å². The molecule has 0 N–H and O–H groups in total. The number of rotatable bonds is 3. The fourth-order valence-electron chi connectivity index (χ4n) is 3.44. The first-order valence-electron chi connectivity index (χ1n) is 8.25. The first-order valence-corrected chi connectivity index (χ1v) is 9.04. The predicted octanol–water partition coefficient (Wildman–Crippen LogP) is 6.22. The minimum Gasteiger partial charge on any atom is -0.296 e. The van der Waals surface area contributed by atoms with E-state index >= 15 is 0 Å². The van der Waals surface area contributed by atoms with Crippen molar-refractivity contribution in [2.75, 3.05) is 0 Å². The molecule has 0 aliphatic rings. The third kappa shape index (κ3) is 2.19. The number of imidazole rings is 1. The van der Waals surface area contributed by atoms with Gasteiger partial charge < -0.3 is 0 Å². The molecule has 0 saturated heterocycles. The molecule has 4 rings (SSSR count). The number of aryl methyl sites for hydroxylation is 1. The van der Waals surface area contributed by atoms with Crippen LogP contribution in [0.1, 0.15) is 24.7 Å². The molecule has 0 bridgehead atoms. The number of benzene rings is 2. The number of fused-ring (bicyclic) bond motifs is 6. The Morgan fingerprint density at radius 2 is 1.88 bits per heavy atom. The zero-order valence-corrected chi connectivity index (χ0v) is 15.5. The Balaban J connectivity index is 2.24. The second kappa shape index (κ2) is 5.75. The van der Waals surface area contributed by atoms with Crippen LogP contribution in [0.4, 0.5) is 0 Å². The van der Waals surface area contributed by atoms with Crippen molar-refractivity contribution in [2.24, 2.45) is 0 Å². The van der Waals surface area contributed by atoms with E-state index in [1.54, 1.807) is 0 Å². The summed E-state index contributed by atoms with van der Waals surface area (Å²) in [6.45, 7) is 8.46. The molecule has 0 atom stereocenters. The van der Waals surface area contributed by atoms with Crippen molar-refractivity contribution in [1.29, 1.82) is 0 Å². The van der Waals surface area contributed by atoms with Crippen molar-refractivity contribution in [3.05, 3.63) is 70.5 Å². The van der Waals surface area contributed by atoms with Gasteiger partial charge in [0.05, 0.1) is 16.9 Å². The summed E-state index contributed by atoms with van der Waals surface area (Å²) in [5.74, 6) is 0. The Kier molecular flexibility index (Phi) is 3.69. The van der Waals surface area contributed by atoms with Crippen molar-refractivity contribution >= 4 is 43.3 Å². The molecule has 0 saturated carbocycles. The summed E-state index contributed by atoms with van der Waals surface area (Å²) in [6.07, 6.45) is 1.86. The highest BCUT2D eigenvalue weighted by Crippen LogP contribution is 2.35. The van der Waals surface area contributed by atoms with Crippen LogP contribution in [0, 0.1) is 6.92 Å². The molecule has 0 unspecified atom stereocenters. The van der Waals surface area contributed by atoms with Gasteiger partial charge in [0, 0.05) is 27.1 Å². The van der Waals surface area contributed by atoms with E-state index in [2.05, 4.69) is 83.2 Å². The number of pyridine rings is 1. The maximum atomic E-state index is 4.92. The number of aromatic nitrogens is 2. The smallest absolute Gasteiger partial charge is 0.145 e. The maximum Gasteiger partial charge on any atom is 0.145 e. The lowest BCUT2D eigenvalue weighted by molar-refractivity contribution is 0.953. The van der Waals surface area contributed by atoms with E-state index in [1.165, 1.54) is 32.9 Å². The predicted molar refractivity (Wildman–Crippen MR) is 106 cm³/mol. The molecular weight excluding hydrogens is 360 g/mol. The zero-order chi connectivity index (χ0) is 16.8. The van der Waals surface area contributed by atoms with Gasteiger partial charge >= 0.3 is 0 Å². The number of halogens is 1. The van der Waals surface area contributed by atoms with Crippen LogP contribution in [0.25, 0.3) is 27.3 Å². The Morgan fingerprint density at radius 3 is 2.67 bits per heavy atom. The van der Waals surface area contributed by atoms with Gasteiger partial charge in [-0.25, -0.2) is 4.98 Å².